The number of para-hydroxylation sites is 1. The van der Waals surface area contributed by atoms with Crippen LogP contribution in [-0.4, -0.2) is 34.8 Å². The number of carbonyl (C=O) groups excluding carboxylic acids is 1. The number of nitrogens with one attached hydrogen (secondary N) is 1. The maximum atomic E-state index is 13.0. The molecule has 0 unspecified atom stereocenters. The first-order valence-corrected chi connectivity index (χ1v) is 8.15. The SMILES string of the molecule is CC[C@@H]1CC[C@@H]2C(=O)c3[nH]c4ccccc4c3CCN2C1. The zero-order valence-corrected chi connectivity index (χ0v) is 12.6. The number of aromatic nitrogens is 1. The largest absolute Gasteiger partial charge is 0.352 e. The average Bonchev–Trinajstić information content (AvgIpc) is 2.84. The summed E-state index contributed by atoms with van der Waals surface area (Å²) in [5.41, 5.74) is 3.21. The van der Waals surface area contributed by atoms with Gasteiger partial charge in [0.2, 0.25) is 0 Å². The Bertz CT molecular complexity index is 688. The molecule has 2 atom stereocenters. The van der Waals surface area contributed by atoms with Crippen LogP contribution in [-0.2, 0) is 6.42 Å². The topological polar surface area (TPSA) is 36.1 Å². The van der Waals surface area contributed by atoms with E-state index in [0.29, 0.717) is 5.78 Å². The van der Waals surface area contributed by atoms with Gasteiger partial charge in [0.25, 0.3) is 0 Å². The molecule has 1 aromatic carbocycles. The lowest BCUT2D eigenvalue weighted by Gasteiger charge is -2.37. The van der Waals surface area contributed by atoms with Crippen molar-refractivity contribution in [2.75, 3.05) is 13.1 Å². The summed E-state index contributed by atoms with van der Waals surface area (Å²) in [6.07, 6.45) is 4.43. The van der Waals surface area contributed by atoms with Gasteiger partial charge in [0.15, 0.2) is 5.78 Å². The van der Waals surface area contributed by atoms with Gasteiger partial charge in [-0.1, -0.05) is 31.5 Å². The fourth-order valence-electron chi connectivity index (χ4n) is 4.10. The van der Waals surface area contributed by atoms with Gasteiger partial charge >= 0.3 is 0 Å². The number of benzene rings is 1. The van der Waals surface area contributed by atoms with Crippen LogP contribution in [0.4, 0.5) is 0 Å². The maximum Gasteiger partial charge on any atom is 0.196 e. The van der Waals surface area contributed by atoms with Gasteiger partial charge in [-0.05, 0) is 36.8 Å². The number of carbonyl (C=O) groups is 1. The number of Topliss-reactive ketones (excluding diaryl/α,β-unsaturated/α-hetero) is 1. The molecule has 110 valence electrons. The van der Waals surface area contributed by atoms with E-state index >= 15 is 0 Å². The number of fused-ring (bicyclic) bond motifs is 4. The zero-order chi connectivity index (χ0) is 14.4. The molecule has 0 radical (unpaired) electrons. The lowest BCUT2D eigenvalue weighted by Crippen LogP contribution is -2.47. The molecule has 1 aromatic heterocycles. The van der Waals surface area contributed by atoms with Crippen LogP contribution < -0.4 is 0 Å². The van der Waals surface area contributed by atoms with Crippen LogP contribution in [0.15, 0.2) is 24.3 Å². The summed E-state index contributed by atoms with van der Waals surface area (Å²) in [5, 5.41) is 1.23. The Balaban J connectivity index is 1.75. The molecule has 4 rings (SSSR count). The highest BCUT2D eigenvalue weighted by atomic mass is 16.1. The van der Waals surface area contributed by atoms with Crippen molar-refractivity contribution in [3.63, 3.8) is 0 Å². The third-order valence-corrected chi connectivity index (χ3v) is 5.37. The first-order chi connectivity index (χ1) is 10.3. The number of ketones is 1. The lowest BCUT2D eigenvalue weighted by molar-refractivity contribution is 0.0675. The highest BCUT2D eigenvalue weighted by Gasteiger charge is 2.36. The molecule has 2 aliphatic heterocycles. The van der Waals surface area contributed by atoms with Crippen LogP contribution in [0.5, 0.6) is 0 Å². The molecule has 3 nitrogen and oxygen atoms in total. The Morgan fingerprint density at radius 2 is 2.14 bits per heavy atom. The number of nitrogens with zero attached hydrogens (tertiary/aromatic N) is 1. The summed E-state index contributed by atoms with van der Waals surface area (Å²) in [6.45, 7) is 4.37. The lowest BCUT2D eigenvalue weighted by atomic mass is 9.89. The van der Waals surface area contributed by atoms with E-state index < -0.39 is 0 Å². The van der Waals surface area contributed by atoms with Crippen molar-refractivity contribution in [3.8, 4) is 0 Å². The van der Waals surface area contributed by atoms with Gasteiger partial charge in [-0.3, -0.25) is 9.69 Å². The van der Waals surface area contributed by atoms with Gasteiger partial charge < -0.3 is 4.98 Å². The fourth-order valence-corrected chi connectivity index (χ4v) is 4.10. The van der Waals surface area contributed by atoms with E-state index in [0.717, 1.165) is 43.1 Å². The van der Waals surface area contributed by atoms with Gasteiger partial charge in [0.1, 0.15) is 0 Å². The molecule has 1 fully saturated rings. The molecule has 0 saturated carbocycles. The minimum Gasteiger partial charge on any atom is -0.352 e. The number of hydrogen-bond donors (Lipinski definition) is 1. The maximum absolute atomic E-state index is 13.0. The van der Waals surface area contributed by atoms with Crippen molar-refractivity contribution in [2.24, 2.45) is 5.92 Å². The molecular formula is C18H22N2O. The second-order valence-corrected chi connectivity index (χ2v) is 6.50. The van der Waals surface area contributed by atoms with Gasteiger partial charge in [-0.25, -0.2) is 0 Å². The smallest absolute Gasteiger partial charge is 0.196 e. The Morgan fingerprint density at radius 1 is 1.29 bits per heavy atom. The zero-order valence-electron chi connectivity index (χ0n) is 12.6. The molecule has 21 heavy (non-hydrogen) atoms. The molecular weight excluding hydrogens is 260 g/mol. The summed E-state index contributed by atoms with van der Waals surface area (Å²) in [4.78, 5) is 18.8. The number of piperidine rings is 1. The van der Waals surface area contributed by atoms with Gasteiger partial charge in [-0.15, -0.1) is 0 Å². The van der Waals surface area contributed by atoms with E-state index in [1.807, 2.05) is 6.07 Å². The van der Waals surface area contributed by atoms with Crippen molar-refractivity contribution in [2.45, 2.75) is 38.6 Å². The van der Waals surface area contributed by atoms with E-state index in [1.165, 1.54) is 23.8 Å². The predicted molar refractivity (Wildman–Crippen MR) is 84.7 cm³/mol. The average molecular weight is 282 g/mol. The summed E-state index contributed by atoms with van der Waals surface area (Å²) >= 11 is 0. The molecule has 1 N–H and O–H groups in total. The van der Waals surface area contributed by atoms with Gasteiger partial charge in [0, 0.05) is 24.0 Å². The Hall–Kier alpha value is -1.61. The minimum atomic E-state index is 0.0992. The van der Waals surface area contributed by atoms with Crippen molar-refractivity contribution in [1.82, 2.24) is 9.88 Å². The van der Waals surface area contributed by atoms with E-state index in [2.05, 4.69) is 35.0 Å². The van der Waals surface area contributed by atoms with Crippen molar-refractivity contribution in [1.29, 1.82) is 0 Å². The Morgan fingerprint density at radius 3 is 3.00 bits per heavy atom. The quantitative estimate of drug-likeness (QED) is 0.870. The third kappa shape index (κ3) is 2.03. The first-order valence-electron chi connectivity index (χ1n) is 8.15. The van der Waals surface area contributed by atoms with E-state index in [1.54, 1.807) is 0 Å². The third-order valence-electron chi connectivity index (χ3n) is 5.37. The Labute approximate surface area is 125 Å². The number of hydrogen-bond acceptors (Lipinski definition) is 2. The monoisotopic (exact) mass is 282 g/mol. The molecule has 0 bridgehead atoms. The van der Waals surface area contributed by atoms with Crippen LogP contribution in [0, 0.1) is 5.92 Å². The molecule has 3 heteroatoms. The van der Waals surface area contributed by atoms with Gasteiger partial charge in [-0.2, -0.15) is 0 Å². The van der Waals surface area contributed by atoms with Crippen LogP contribution in [0.25, 0.3) is 10.9 Å². The number of rotatable bonds is 1. The first kappa shape index (κ1) is 13.1. The van der Waals surface area contributed by atoms with E-state index in [-0.39, 0.29) is 6.04 Å². The second-order valence-electron chi connectivity index (χ2n) is 6.50. The molecule has 0 amide bonds. The molecule has 1 saturated heterocycles. The number of H-pyrrole nitrogens is 1. The molecule has 2 aliphatic rings. The summed E-state index contributed by atoms with van der Waals surface area (Å²) in [5.74, 6) is 1.08. The molecule has 0 aliphatic carbocycles. The molecule has 2 aromatic rings. The van der Waals surface area contributed by atoms with Crippen LogP contribution in [0.3, 0.4) is 0 Å². The fraction of sp³-hybridized carbons (Fsp3) is 0.500. The summed E-state index contributed by atoms with van der Waals surface area (Å²) in [7, 11) is 0. The summed E-state index contributed by atoms with van der Waals surface area (Å²) in [6, 6.07) is 8.40. The Kier molecular flexibility index (Phi) is 3.11. The molecule has 3 heterocycles. The normalized spacial score (nSPS) is 26.4. The van der Waals surface area contributed by atoms with Crippen molar-refractivity contribution in [3.05, 3.63) is 35.5 Å². The predicted octanol–water partition coefficient (Wildman–Crippen LogP) is 3.40. The van der Waals surface area contributed by atoms with Crippen molar-refractivity contribution < 1.29 is 4.79 Å². The van der Waals surface area contributed by atoms with Crippen LogP contribution >= 0.6 is 0 Å². The highest BCUT2D eigenvalue weighted by Crippen LogP contribution is 2.32. The highest BCUT2D eigenvalue weighted by molar-refractivity contribution is 6.05. The molecule has 0 spiro atoms. The van der Waals surface area contributed by atoms with Crippen molar-refractivity contribution >= 4 is 16.7 Å². The number of aromatic amines is 1. The van der Waals surface area contributed by atoms with Crippen LogP contribution in [0.2, 0.25) is 0 Å². The standard InChI is InChI=1S/C18H22N2O/c1-2-12-7-8-16-18(21)17-14(9-10-20(16)11-12)13-5-3-4-6-15(13)19-17/h3-6,12,16,19H,2,7-11H2,1H3/t12-,16-/m1/s1. The van der Waals surface area contributed by atoms with E-state index in [4.69, 9.17) is 0 Å². The van der Waals surface area contributed by atoms with Gasteiger partial charge in [0.05, 0.1) is 11.7 Å². The second kappa shape index (κ2) is 4.99. The minimum absolute atomic E-state index is 0.0992. The van der Waals surface area contributed by atoms with Crippen LogP contribution in [0.1, 0.15) is 42.2 Å². The van der Waals surface area contributed by atoms with E-state index in [9.17, 15) is 4.79 Å². The summed E-state index contributed by atoms with van der Waals surface area (Å²) < 4.78 is 0.